The fraction of sp³-hybridized carbons (Fsp3) is 0.412. The molecule has 6 nitrogen and oxygen atoms in total. The molecule has 128 valence electrons. The van der Waals surface area contributed by atoms with E-state index in [4.69, 9.17) is 4.74 Å². The monoisotopic (exact) mass is 346 g/mol. The van der Waals surface area contributed by atoms with Crippen LogP contribution in [0.5, 0.6) is 0 Å². The van der Waals surface area contributed by atoms with E-state index in [0.717, 1.165) is 43.4 Å². The van der Waals surface area contributed by atoms with E-state index in [2.05, 4.69) is 15.5 Å². The Morgan fingerprint density at radius 1 is 1.46 bits per heavy atom. The average Bonchev–Trinajstić information content (AvgIpc) is 2.63. The van der Waals surface area contributed by atoms with Gasteiger partial charge in [-0.25, -0.2) is 0 Å². The number of nitrogens with one attached hydrogen (secondary N) is 2. The van der Waals surface area contributed by atoms with Gasteiger partial charge in [-0.3, -0.25) is 9.69 Å². The summed E-state index contributed by atoms with van der Waals surface area (Å²) in [6.45, 7) is 4.50. The molecule has 1 aromatic rings. The van der Waals surface area contributed by atoms with Crippen LogP contribution in [-0.2, 0) is 9.53 Å². The normalized spacial score (nSPS) is 15.6. The molecule has 1 amide bonds. The molecule has 2 N–H and O–H groups in total. The van der Waals surface area contributed by atoms with Crippen LogP contribution in [0, 0.1) is 11.3 Å². The van der Waals surface area contributed by atoms with Gasteiger partial charge in [0.1, 0.15) is 11.6 Å². The molecular weight excluding hydrogens is 324 g/mol. The van der Waals surface area contributed by atoms with Gasteiger partial charge in [0.25, 0.3) is 5.91 Å². The number of rotatable bonds is 7. The third kappa shape index (κ3) is 5.89. The molecule has 24 heavy (non-hydrogen) atoms. The number of thioether (sulfide) groups is 1. The maximum Gasteiger partial charge on any atom is 0.263 e. The Kier molecular flexibility index (Phi) is 7.62. The number of amides is 1. The molecule has 0 spiro atoms. The standard InChI is InChI=1S/C17H22N4O2S/c1-24-16-4-2-3-15(11-16)20-13-14(12-18)17(22)19-5-6-21-7-9-23-10-8-21/h2-4,11,13,20H,5-10H2,1H3,(H,19,22)/b14-13-. The molecule has 0 aliphatic carbocycles. The zero-order valence-corrected chi connectivity index (χ0v) is 14.6. The van der Waals surface area contributed by atoms with Crippen molar-refractivity contribution in [2.45, 2.75) is 4.90 Å². The van der Waals surface area contributed by atoms with Crippen molar-refractivity contribution >= 4 is 23.4 Å². The molecule has 1 fully saturated rings. The molecule has 0 unspecified atom stereocenters. The number of nitriles is 1. The van der Waals surface area contributed by atoms with E-state index in [0.29, 0.717) is 6.54 Å². The molecule has 7 heteroatoms. The van der Waals surface area contributed by atoms with Gasteiger partial charge in [-0.2, -0.15) is 5.26 Å². The van der Waals surface area contributed by atoms with Gasteiger partial charge in [-0.05, 0) is 24.5 Å². The summed E-state index contributed by atoms with van der Waals surface area (Å²) >= 11 is 1.64. The molecule has 0 saturated carbocycles. The fourth-order valence-electron chi connectivity index (χ4n) is 2.26. The van der Waals surface area contributed by atoms with Crippen LogP contribution in [0.4, 0.5) is 5.69 Å². The summed E-state index contributed by atoms with van der Waals surface area (Å²) in [5, 5.41) is 15.0. The average molecular weight is 346 g/mol. The number of hydrogen-bond donors (Lipinski definition) is 2. The van der Waals surface area contributed by atoms with Crippen molar-refractivity contribution < 1.29 is 9.53 Å². The topological polar surface area (TPSA) is 77.4 Å². The van der Waals surface area contributed by atoms with Crippen LogP contribution < -0.4 is 10.6 Å². The van der Waals surface area contributed by atoms with Crippen molar-refractivity contribution in [1.29, 1.82) is 5.26 Å². The molecule has 1 heterocycles. The Labute approximate surface area is 146 Å². The van der Waals surface area contributed by atoms with Crippen LogP contribution in [0.2, 0.25) is 0 Å². The highest BCUT2D eigenvalue weighted by Crippen LogP contribution is 2.19. The molecule has 0 bridgehead atoms. The van der Waals surface area contributed by atoms with E-state index in [9.17, 15) is 10.1 Å². The van der Waals surface area contributed by atoms with Crippen molar-refractivity contribution in [1.82, 2.24) is 10.2 Å². The molecule has 0 atom stereocenters. The summed E-state index contributed by atoms with van der Waals surface area (Å²) in [6, 6.07) is 9.72. The second-order valence-corrected chi connectivity index (χ2v) is 6.14. The molecule has 0 radical (unpaired) electrons. The lowest BCUT2D eigenvalue weighted by atomic mass is 10.2. The van der Waals surface area contributed by atoms with Gasteiger partial charge >= 0.3 is 0 Å². The molecule has 1 saturated heterocycles. The minimum Gasteiger partial charge on any atom is -0.379 e. The molecular formula is C17H22N4O2S. The second kappa shape index (κ2) is 9.98. The lowest BCUT2D eigenvalue weighted by Crippen LogP contribution is -2.41. The first-order chi connectivity index (χ1) is 11.7. The van der Waals surface area contributed by atoms with Crippen molar-refractivity contribution in [3.63, 3.8) is 0 Å². The number of ether oxygens (including phenoxy) is 1. The highest BCUT2D eigenvalue weighted by Gasteiger charge is 2.12. The summed E-state index contributed by atoms with van der Waals surface area (Å²) in [5.41, 5.74) is 0.905. The number of nitrogens with zero attached hydrogens (tertiary/aromatic N) is 2. The maximum atomic E-state index is 12.1. The van der Waals surface area contributed by atoms with Crippen molar-refractivity contribution in [2.24, 2.45) is 0 Å². The third-order valence-corrected chi connectivity index (χ3v) is 4.36. The van der Waals surface area contributed by atoms with E-state index in [1.54, 1.807) is 11.8 Å². The largest absolute Gasteiger partial charge is 0.379 e. The van der Waals surface area contributed by atoms with Gasteiger partial charge < -0.3 is 15.4 Å². The van der Waals surface area contributed by atoms with Gasteiger partial charge in [0, 0.05) is 43.0 Å². The number of carbonyl (C=O) groups excluding carboxylic acids is 1. The Hall–Kier alpha value is -2.01. The lowest BCUT2D eigenvalue weighted by molar-refractivity contribution is -0.117. The van der Waals surface area contributed by atoms with Gasteiger partial charge in [-0.1, -0.05) is 6.07 Å². The minimum absolute atomic E-state index is 0.0616. The van der Waals surface area contributed by atoms with Crippen LogP contribution in [0.1, 0.15) is 0 Å². The first-order valence-electron chi connectivity index (χ1n) is 7.82. The van der Waals surface area contributed by atoms with E-state index in [1.165, 1.54) is 6.20 Å². The molecule has 1 aliphatic heterocycles. The number of hydrogen-bond acceptors (Lipinski definition) is 6. The fourth-order valence-corrected chi connectivity index (χ4v) is 2.72. The predicted molar refractivity (Wildman–Crippen MR) is 95.8 cm³/mol. The zero-order chi connectivity index (χ0) is 17.2. The third-order valence-electron chi connectivity index (χ3n) is 3.64. The van der Waals surface area contributed by atoms with Gasteiger partial charge in [0.2, 0.25) is 0 Å². The van der Waals surface area contributed by atoms with Crippen LogP contribution in [0.3, 0.4) is 0 Å². The van der Waals surface area contributed by atoms with Crippen molar-refractivity contribution in [3.05, 3.63) is 36.0 Å². The highest BCUT2D eigenvalue weighted by atomic mass is 32.2. The van der Waals surface area contributed by atoms with Gasteiger partial charge in [0.05, 0.1) is 13.2 Å². The van der Waals surface area contributed by atoms with Crippen LogP contribution in [0.15, 0.2) is 40.9 Å². The van der Waals surface area contributed by atoms with Crippen molar-refractivity contribution in [2.75, 3.05) is 51.0 Å². The molecule has 1 aliphatic rings. The SMILES string of the molecule is CSc1cccc(N/C=C(/C#N)C(=O)NCCN2CCOCC2)c1. The van der Waals surface area contributed by atoms with E-state index in [-0.39, 0.29) is 11.5 Å². The molecule has 1 aromatic carbocycles. The Morgan fingerprint density at radius 2 is 2.25 bits per heavy atom. The summed E-state index contributed by atoms with van der Waals surface area (Å²) in [4.78, 5) is 15.4. The smallest absolute Gasteiger partial charge is 0.263 e. The molecule has 2 rings (SSSR count). The number of carbonyl (C=O) groups is 1. The van der Waals surface area contributed by atoms with Crippen LogP contribution in [0.25, 0.3) is 0 Å². The van der Waals surface area contributed by atoms with Crippen LogP contribution >= 0.6 is 11.8 Å². The maximum absolute atomic E-state index is 12.1. The van der Waals surface area contributed by atoms with Crippen LogP contribution in [-0.4, -0.2) is 56.5 Å². The summed E-state index contributed by atoms with van der Waals surface area (Å²) in [7, 11) is 0. The Morgan fingerprint density at radius 3 is 2.96 bits per heavy atom. The Balaban J connectivity index is 1.82. The number of benzene rings is 1. The summed E-state index contributed by atoms with van der Waals surface area (Å²) in [5.74, 6) is -0.362. The predicted octanol–water partition coefficient (Wildman–Crippen LogP) is 1.68. The highest BCUT2D eigenvalue weighted by molar-refractivity contribution is 7.98. The Bertz CT molecular complexity index is 621. The van der Waals surface area contributed by atoms with E-state index in [1.807, 2.05) is 36.6 Å². The zero-order valence-electron chi connectivity index (χ0n) is 13.7. The summed E-state index contributed by atoms with van der Waals surface area (Å²) < 4.78 is 5.28. The number of morpholine rings is 1. The first kappa shape index (κ1) is 18.3. The van der Waals surface area contributed by atoms with Gasteiger partial charge in [-0.15, -0.1) is 11.8 Å². The summed E-state index contributed by atoms with van der Waals surface area (Å²) in [6.07, 6.45) is 3.45. The number of anilines is 1. The van der Waals surface area contributed by atoms with Crippen molar-refractivity contribution in [3.8, 4) is 6.07 Å². The quantitative estimate of drug-likeness (QED) is 0.444. The molecule has 0 aromatic heterocycles. The second-order valence-electron chi connectivity index (χ2n) is 5.26. The minimum atomic E-state index is -0.362. The van der Waals surface area contributed by atoms with Gasteiger partial charge in [0.15, 0.2) is 0 Å². The van der Waals surface area contributed by atoms with E-state index < -0.39 is 0 Å². The van der Waals surface area contributed by atoms with E-state index >= 15 is 0 Å². The lowest BCUT2D eigenvalue weighted by Gasteiger charge is -2.26. The first-order valence-corrected chi connectivity index (χ1v) is 9.04.